The van der Waals surface area contributed by atoms with Gasteiger partial charge in [0.25, 0.3) is 0 Å². The lowest BCUT2D eigenvalue weighted by molar-refractivity contribution is -0.115. The molecular formula is C11H15FN2O3. The molecule has 17 heavy (non-hydrogen) atoms. The quantitative estimate of drug-likeness (QED) is 0.552. The van der Waals surface area contributed by atoms with Crippen molar-refractivity contribution < 1.29 is 19.4 Å². The molecule has 1 aromatic carbocycles. The van der Waals surface area contributed by atoms with Crippen LogP contribution in [0.5, 0.6) is 0 Å². The molecule has 5 nitrogen and oxygen atoms in total. The van der Waals surface area contributed by atoms with E-state index in [0.29, 0.717) is 5.69 Å². The van der Waals surface area contributed by atoms with E-state index in [9.17, 15) is 9.18 Å². The lowest BCUT2D eigenvalue weighted by Crippen LogP contribution is -2.40. The van der Waals surface area contributed by atoms with Gasteiger partial charge in [-0.25, -0.2) is 4.39 Å². The number of hydrogen-bond donors (Lipinski definition) is 4. The highest BCUT2D eigenvalue weighted by Gasteiger charge is 2.08. The highest BCUT2D eigenvalue weighted by atomic mass is 19.1. The smallest absolute Gasteiger partial charge is 0.238 e. The number of halogens is 1. The number of carbonyl (C=O) groups is 1. The van der Waals surface area contributed by atoms with E-state index in [1.165, 1.54) is 24.3 Å². The third kappa shape index (κ3) is 4.90. The van der Waals surface area contributed by atoms with Gasteiger partial charge in [0.1, 0.15) is 5.82 Å². The Morgan fingerprint density at radius 2 is 1.82 bits per heavy atom. The molecule has 0 heterocycles. The molecule has 0 aliphatic carbocycles. The third-order valence-electron chi connectivity index (χ3n) is 2.12. The number of carbonyl (C=O) groups excluding carboxylic acids is 1. The fraction of sp³-hybridized carbons (Fsp3) is 0.364. The zero-order valence-electron chi connectivity index (χ0n) is 9.19. The van der Waals surface area contributed by atoms with E-state index in [4.69, 9.17) is 10.2 Å². The molecule has 1 aromatic rings. The summed E-state index contributed by atoms with van der Waals surface area (Å²) in [6, 6.07) is 4.86. The summed E-state index contributed by atoms with van der Waals surface area (Å²) in [5.74, 6) is -0.703. The first kappa shape index (κ1) is 13.6. The predicted molar refractivity (Wildman–Crippen MR) is 61.0 cm³/mol. The monoisotopic (exact) mass is 242 g/mol. The molecule has 0 aliphatic rings. The van der Waals surface area contributed by atoms with E-state index in [-0.39, 0.29) is 31.5 Å². The fourth-order valence-electron chi connectivity index (χ4n) is 1.16. The van der Waals surface area contributed by atoms with Crippen molar-refractivity contribution >= 4 is 11.6 Å². The van der Waals surface area contributed by atoms with Crippen LogP contribution in [0.3, 0.4) is 0 Å². The number of anilines is 1. The van der Waals surface area contributed by atoms with Gasteiger partial charge in [0.05, 0.1) is 25.8 Å². The van der Waals surface area contributed by atoms with Crippen LogP contribution in [0.25, 0.3) is 0 Å². The zero-order valence-corrected chi connectivity index (χ0v) is 9.19. The van der Waals surface area contributed by atoms with Crippen LogP contribution in [0, 0.1) is 5.82 Å². The summed E-state index contributed by atoms with van der Waals surface area (Å²) < 4.78 is 12.6. The van der Waals surface area contributed by atoms with Crippen molar-refractivity contribution in [2.45, 2.75) is 6.04 Å². The van der Waals surface area contributed by atoms with Gasteiger partial charge in [-0.1, -0.05) is 0 Å². The van der Waals surface area contributed by atoms with Crippen LogP contribution in [-0.2, 0) is 4.79 Å². The molecule has 0 saturated heterocycles. The molecule has 1 rings (SSSR count). The molecule has 0 saturated carbocycles. The normalized spacial score (nSPS) is 10.6. The van der Waals surface area contributed by atoms with Gasteiger partial charge in [0.15, 0.2) is 0 Å². The summed E-state index contributed by atoms with van der Waals surface area (Å²) in [6.45, 7) is -0.538. The second-order valence-electron chi connectivity index (χ2n) is 3.50. The van der Waals surface area contributed by atoms with E-state index in [1.807, 2.05) is 0 Å². The first-order valence-electron chi connectivity index (χ1n) is 5.16. The summed E-state index contributed by atoms with van der Waals surface area (Å²) in [6.07, 6.45) is 0. The van der Waals surface area contributed by atoms with Crippen LogP contribution in [0.1, 0.15) is 0 Å². The largest absolute Gasteiger partial charge is 0.395 e. The molecule has 0 bridgehead atoms. The molecule has 94 valence electrons. The third-order valence-corrected chi connectivity index (χ3v) is 2.12. The number of amides is 1. The number of hydrogen-bond acceptors (Lipinski definition) is 4. The SMILES string of the molecule is O=C(CNC(CO)CO)Nc1ccc(F)cc1. The Hall–Kier alpha value is -1.50. The molecule has 0 spiro atoms. The molecule has 0 radical (unpaired) electrons. The Kier molecular flexibility index (Phi) is 5.55. The molecule has 4 N–H and O–H groups in total. The van der Waals surface area contributed by atoms with Gasteiger partial charge >= 0.3 is 0 Å². The zero-order chi connectivity index (χ0) is 12.7. The van der Waals surface area contributed by atoms with E-state index in [2.05, 4.69) is 10.6 Å². The Labute approximate surface area is 98.3 Å². The van der Waals surface area contributed by atoms with Crippen molar-refractivity contribution in [3.63, 3.8) is 0 Å². The van der Waals surface area contributed by atoms with Gasteiger partial charge in [-0.15, -0.1) is 0 Å². The van der Waals surface area contributed by atoms with Crippen LogP contribution >= 0.6 is 0 Å². The maximum absolute atomic E-state index is 12.6. The Balaban J connectivity index is 2.37. The first-order valence-corrected chi connectivity index (χ1v) is 5.16. The van der Waals surface area contributed by atoms with Gasteiger partial charge in [0.2, 0.25) is 5.91 Å². The van der Waals surface area contributed by atoms with Crippen LogP contribution in [0.2, 0.25) is 0 Å². The average Bonchev–Trinajstić information content (AvgIpc) is 2.33. The minimum Gasteiger partial charge on any atom is -0.395 e. The van der Waals surface area contributed by atoms with E-state index >= 15 is 0 Å². The molecule has 0 fully saturated rings. The maximum atomic E-state index is 12.6. The number of rotatable bonds is 6. The van der Waals surface area contributed by atoms with E-state index < -0.39 is 6.04 Å². The number of benzene rings is 1. The lowest BCUT2D eigenvalue weighted by atomic mass is 10.3. The standard InChI is InChI=1S/C11H15FN2O3/c12-8-1-3-9(4-2-8)14-11(17)5-13-10(6-15)7-16/h1-4,10,13,15-16H,5-7H2,(H,14,17). The maximum Gasteiger partial charge on any atom is 0.238 e. The van der Waals surface area contributed by atoms with Gasteiger partial charge in [-0.3, -0.25) is 4.79 Å². The number of aliphatic hydroxyl groups is 2. The van der Waals surface area contributed by atoms with Crippen molar-refractivity contribution in [3.05, 3.63) is 30.1 Å². The van der Waals surface area contributed by atoms with E-state index in [0.717, 1.165) is 0 Å². The molecule has 1 amide bonds. The van der Waals surface area contributed by atoms with Crippen LogP contribution in [-0.4, -0.2) is 41.9 Å². The minimum absolute atomic E-state index is 0.0385. The van der Waals surface area contributed by atoms with E-state index in [1.54, 1.807) is 0 Å². The highest BCUT2D eigenvalue weighted by molar-refractivity contribution is 5.92. The average molecular weight is 242 g/mol. The molecule has 0 unspecified atom stereocenters. The van der Waals surface area contributed by atoms with Crippen LogP contribution in [0.4, 0.5) is 10.1 Å². The lowest BCUT2D eigenvalue weighted by Gasteiger charge is -2.12. The second kappa shape index (κ2) is 6.95. The topological polar surface area (TPSA) is 81.6 Å². The fourth-order valence-corrected chi connectivity index (χ4v) is 1.16. The predicted octanol–water partition coefficient (Wildman–Crippen LogP) is -0.293. The van der Waals surface area contributed by atoms with Gasteiger partial charge in [0, 0.05) is 5.69 Å². The van der Waals surface area contributed by atoms with Crippen molar-refractivity contribution in [2.75, 3.05) is 25.1 Å². The summed E-state index contributed by atoms with van der Waals surface area (Å²) in [5.41, 5.74) is 0.489. The Bertz CT molecular complexity index is 352. The van der Waals surface area contributed by atoms with Crippen molar-refractivity contribution in [1.29, 1.82) is 0 Å². The van der Waals surface area contributed by atoms with Crippen LogP contribution in [0.15, 0.2) is 24.3 Å². The number of nitrogens with one attached hydrogen (secondary N) is 2. The Morgan fingerprint density at radius 1 is 1.24 bits per heavy atom. The molecule has 0 aromatic heterocycles. The summed E-state index contributed by atoms with van der Waals surface area (Å²) >= 11 is 0. The summed E-state index contributed by atoms with van der Waals surface area (Å²) in [7, 11) is 0. The minimum atomic E-state index is -0.519. The van der Waals surface area contributed by atoms with Crippen molar-refractivity contribution in [3.8, 4) is 0 Å². The Morgan fingerprint density at radius 3 is 2.35 bits per heavy atom. The molecule has 0 aliphatic heterocycles. The van der Waals surface area contributed by atoms with Gasteiger partial charge in [-0.05, 0) is 24.3 Å². The summed E-state index contributed by atoms with van der Waals surface area (Å²) in [4.78, 5) is 11.4. The second-order valence-corrected chi connectivity index (χ2v) is 3.50. The van der Waals surface area contributed by atoms with Crippen molar-refractivity contribution in [2.24, 2.45) is 0 Å². The molecular weight excluding hydrogens is 227 g/mol. The summed E-state index contributed by atoms with van der Waals surface area (Å²) in [5, 5.41) is 22.7. The van der Waals surface area contributed by atoms with Crippen LogP contribution < -0.4 is 10.6 Å². The first-order chi connectivity index (χ1) is 8.15. The van der Waals surface area contributed by atoms with Gasteiger partial charge < -0.3 is 20.8 Å². The van der Waals surface area contributed by atoms with Gasteiger partial charge in [-0.2, -0.15) is 0 Å². The molecule has 6 heteroatoms. The number of aliphatic hydroxyl groups excluding tert-OH is 2. The van der Waals surface area contributed by atoms with Crippen molar-refractivity contribution in [1.82, 2.24) is 5.32 Å². The highest BCUT2D eigenvalue weighted by Crippen LogP contribution is 2.07. The molecule has 0 atom stereocenters.